The summed E-state index contributed by atoms with van der Waals surface area (Å²) in [4.78, 5) is 12.2. The summed E-state index contributed by atoms with van der Waals surface area (Å²) in [6.45, 7) is 2.04. The maximum atomic E-state index is 12.2. The Morgan fingerprint density at radius 2 is 2.00 bits per heavy atom. The van der Waals surface area contributed by atoms with E-state index in [2.05, 4.69) is 5.32 Å². The van der Waals surface area contributed by atoms with Gasteiger partial charge in [-0.15, -0.1) is 0 Å². The number of carbonyl (C=O) groups excluding carboxylic acids is 1. The number of nitrogens with one attached hydrogen (secondary N) is 1. The predicted molar refractivity (Wildman–Crippen MR) is 84.4 cm³/mol. The lowest BCUT2D eigenvalue weighted by atomic mass is 10.1. The van der Waals surface area contributed by atoms with Crippen molar-refractivity contribution in [2.75, 3.05) is 11.1 Å². The van der Waals surface area contributed by atoms with Crippen LogP contribution in [0.3, 0.4) is 0 Å². The number of hydrogen-bond acceptors (Lipinski definition) is 3. The summed E-state index contributed by atoms with van der Waals surface area (Å²) >= 11 is 0. The standard InChI is InChI=1S/C17H16N2O2/c1-2-11-7-8-13(10-14(11)18)19-17(20)16-9-12-5-3-4-6-15(12)21-16/h3-10H,2,18H2,1H3,(H,19,20). The fraction of sp³-hybridized carbons (Fsp3) is 0.118. The Labute approximate surface area is 122 Å². The SMILES string of the molecule is CCc1ccc(NC(=O)c2cc3ccccc3o2)cc1N. The number of hydrogen-bond donors (Lipinski definition) is 2. The van der Waals surface area contributed by atoms with Gasteiger partial charge in [0.2, 0.25) is 0 Å². The third-order valence-corrected chi connectivity index (χ3v) is 3.43. The van der Waals surface area contributed by atoms with Crippen molar-refractivity contribution in [2.24, 2.45) is 0 Å². The van der Waals surface area contributed by atoms with Crippen molar-refractivity contribution in [3.05, 3.63) is 59.9 Å². The fourth-order valence-electron chi connectivity index (χ4n) is 2.28. The first-order chi connectivity index (χ1) is 10.2. The van der Waals surface area contributed by atoms with Gasteiger partial charge in [-0.3, -0.25) is 4.79 Å². The lowest BCUT2D eigenvalue weighted by molar-refractivity contribution is 0.0998. The van der Waals surface area contributed by atoms with Crippen LogP contribution >= 0.6 is 0 Å². The van der Waals surface area contributed by atoms with Crippen molar-refractivity contribution in [2.45, 2.75) is 13.3 Å². The number of aryl methyl sites for hydroxylation is 1. The van der Waals surface area contributed by atoms with Crippen molar-refractivity contribution in [3.63, 3.8) is 0 Å². The molecule has 4 heteroatoms. The Kier molecular flexibility index (Phi) is 3.36. The first-order valence-electron chi connectivity index (χ1n) is 6.85. The highest BCUT2D eigenvalue weighted by molar-refractivity contribution is 6.04. The van der Waals surface area contributed by atoms with Gasteiger partial charge in [-0.2, -0.15) is 0 Å². The molecule has 106 valence electrons. The van der Waals surface area contributed by atoms with Crippen LogP contribution in [0.25, 0.3) is 11.0 Å². The molecule has 0 unspecified atom stereocenters. The lowest BCUT2D eigenvalue weighted by Crippen LogP contribution is -2.11. The number of fused-ring (bicyclic) bond motifs is 1. The van der Waals surface area contributed by atoms with E-state index in [-0.39, 0.29) is 11.7 Å². The van der Waals surface area contributed by atoms with Crippen LogP contribution in [0.15, 0.2) is 52.9 Å². The molecule has 1 aromatic heterocycles. The van der Waals surface area contributed by atoms with E-state index in [0.717, 1.165) is 17.4 Å². The molecule has 4 nitrogen and oxygen atoms in total. The number of nitrogen functional groups attached to an aromatic ring is 1. The van der Waals surface area contributed by atoms with Crippen molar-refractivity contribution >= 4 is 28.3 Å². The number of furan rings is 1. The van der Waals surface area contributed by atoms with E-state index < -0.39 is 0 Å². The van der Waals surface area contributed by atoms with Crippen molar-refractivity contribution < 1.29 is 9.21 Å². The van der Waals surface area contributed by atoms with E-state index in [1.807, 2.05) is 43.3 Å². The average Bonchev–Trinajstić information content (AvgIpc) is 2.91. The van der Waals surface area contributed by atoms with Crippen LogP contribution in [-0.4, -0.2) is 5.91 Å². The highest BCUT2D eigenvalue weighted by Gasteiger charge is 2.12. The molecule has 21 heavy (non-hydrogen) atoms. The first-order valence-corrected chi connectivity index (χ1v) is 6.85. The van der Waals surface area contributed by atoms with E-state index in [9.17, 15) is 4.79 Å². The summed E-state index contributed by atoms with van der Waals surface area (Å²) in [7, 11) is 0. The third kappa shape index (κ3) is 2.60. The smallest absolute Gasteiger partial charge is 0.291 e. The van der Waals surface area contributed by atoms with E-state index in [0.29, 0.717) is 17.0 Å². The van der Waals surface area contributed by atoms with Gasteiger partial charge < -0.3 is 15.5 Å². The van der Waals surface area contributed by atoms with Gasteiger partial charge in [0, 0.05) is 16.8 Å². The third-order valence-electron chi connectivity index (χ3n) is 3.43. The number of rotatable bonds is 3. The van der Waals surface area contributed by atoms with Gasteiger partial charge in [0.05, 0.1) is 0 Å². The Hall–Kier alpha value is -2.75. The minimum atomic E-state index is -0.283. The van der Waals surface area contributed by atoms with Gasteiger partial charge in [0.15, 0.2) is 5.76 Å². The minimum Gasteiger partial charge on any atom is -0.451 e. The van der Waals surface area contributed by atoms with Crippen LogP contribution in [0.4, 0.5) is 11.4 Å². The van der Waals surface area contributed by atoms with Gasteiger partial charge in [0.25, 0.3) is 5.91 Å². The van der Waals surface area contributed by atoms with Crippen molar-refractivity contribution in [3.8, 4) is 0 Å². The Balaban J connectivity index is 1.84. The molecule has 0 aliphatic heterocycles. The molecule has 1 heterocycles. The molecule has 0 aliphatic rings. The highest BCUT2D eigenvalue weighted by atomic mass is 16.3. The zero-order chi connectivity index (χ0) is 14.8. The Morgan fingerprint density at radius 3 is 2.71 bits per heavy atom. The van der Waals surface area contributed by atoms with E-state index in [4.69, 9.17) is 10.2 Å². The second-order valence-corrected chi connectivity index (χ2v) is 4.87. The summed E-state index contributed by atoms with van der Waals surface area (Å²) in [6.07, 6.45) is 0.865. The monoisotopic (exact) mass is 280 g/mol. The Bertz CT molecular complexity index is 772. The zero-order valence-corrected chi connectivity index (χ0v) is 11.7. The number of benzene rings is 2. The molecule has 3 rings (SSSR count). The molecule has 0 saturated carbocycles. The zero-order valence-electron chi connectivity index (χ0n) is 11.7. The van der Waals surface area contributed by atoms with Gasteiger partial charge in [-0.25, -0.2) is 0 Å². The number of para-hydroxylation sites is 1. The maximum Gasteiger partial charge on any atom is 0.291 e. The second-order valence-electron chi connectivity index (χ2n) is 4.87. The normalized spacial score (nSPS) is 10.7. The van der Waals surface area contributed by atoms with Gasteiger partial charge >= 0.3 is 0 Å². The highest BCUT2D eigenvalue weighted by Crippen LogP contribution is 2.22. The average molecular weight is 280 g/mol. The molecule has 3 aromatic rings. The maximum absolute atomic E-state index is 12.2. The van der Waals surface area contributed by atoms with Crippen LogP contribution < -0.4 is 11.1 Å². The molecular weight excluding hydrogens is 264 g/mol. The molecule has 1 amide bonds. The summed E-state index contributed by atoms with van der Waals surface area (Å²) < 4.78 is 5.53. The summed E-state index contributed by atoms with van der Waals surface area (Å²) in [5, 5.41) is 3.70. The van der Waals surface area contributed by atoms with E-state index in [1.165, 1.54) is 0 Å². The molecule has 0 fully saturated rings. The molecule has 0 bridgehead atoms. The molecule has 0 spiro atoms. The van der Waals surface area contributed by atoms with Crippen molar-refractivity contribution in [1.82, 2.24) is 0 Å². The number of anilines is 2. The van der Waals surface area contributed by atoms with Gasteiger partial charge in [0.1, 0.15) is 5.58 Å². The quantitative estimate of drug-likeness (QED) is 0.716. The number of carbonyl (C=O) groups is 1. The molecule has 0 saturated heterocycles. The van der Waals surface area contributed by atoms with Crippen LogP contribution in [0.1, 0.15) is 23.0 Å². The molecule has 0 atom stereocenters. The van der Waals surface area contributed by atoms with E-state index >= 15 is 0 Å². The molecule has 2 aromatic carbocycles. The van der Waals surface area contributed by atoms with Crippen LogP contribution in [0.5, 0.6) is 0 Å². The van der Waals surface area contributed by atoms with Gasteiger partial charge in [-0.05, 0) is 36.2 Å². The molecule has 0 aliphatic carbocycles. The number of nitrogens with two attached hydrogens (primary N) is 1. The topological polar surface area (TPSA) is 68.3 Å². The summed E-state index contributed by atoms with van der Waals surface area (Å²) in [6, 6.07) is 14.8. The predicted octanol–water partition coefficient (Wildman–Crippen LogP) is 3.83. The largest absolute Gasteiger partial charge is 0.451 e. The lowest BCUT2D eigenvalue weighted by Gasteiger charge is -2.07. The summed E-state index contributed by atoms with van der Waals surface area (Å²) in [5.74, 6) is 0.00388. The Morgan fingerprint density at radius 1 is 1.19 bits per heavy atom. The molecular formula is C17H16N2O2. The number of amides is 1. The van der Waals surface area contributed by atoms with Crippen LogP contribution in [0, 0.1) is 0 Å². The van der Waals surface area contributed by atoms with E-state index in [1.54, 1.807) is 12.1 Å². The fourth-order valence-corrected chi connectivity index (χ4v) is 2.28. The molecule has 3 N–H and O–H groups in total. The van der Waals surface area contributed by atoms with Crippen LogP contribution in [-0.2, 0) is 6.42 Å². The summed E-state index contributed by atoms with van der Waals surface area (Å²) in [5.41, 5.74) is 9.04. The molecule has 0 radical (unpaired) electrons. The second kappa shape index (κ2) is 5.32. The van der Waals surface area contributed by atoms with Gasteiger partial charge in [-0.1, -0.05) is 31.2 Å². The van der Waals surface area contributed by atoms with Crippen molar-refractivity contribution in [1.29, 1.82) is 0 Å². The first kappa shape index (κ1) is 13.2. The minimum absolute atomic E-state index is 0.283. The van der Waals surface area contributed by atoms with Crippen LogP contribution in [0.2, 0.25) is 0 Å².